The van der Waals surface area contributed by atoms with Gasteiger partial charge in [0, 0.05) is 24.6 Å². The molecule has 1 fully saturated rings. The molecule has 0 radical (unpaired) electrons. The standard InChI is InChI=1S/C23H22N4O4/c1-30-18-8-9-20(31-2)19(11-18)27-14-16(10-21(27)28)23(29)26-17-12-24-22(25-13-17)15-6-4-3-5-7-15/h3-9,11-13,16H,10,14H2,1-2H3,(H,26,29)/t16-/m0/s1. The number of ether oxygens (including phenoxy) is 2. The van der Waals surface area contributed by atoms with Gasteiger partial charge < -0.3 is 19.7 Å². The predicted octanol–water partition coefficient (Wildman–Crippen LogP) is 3.15. The van der Waals surface area contributed by atoms with Crippen molar-refractivity contribution in [2.24, 2.45) is 5.92 Å². The van der Waals surface area contributed by atoms with Crippen molar-refractivity contribution in [1.82, 2.24) is 9.97 Å². The summed E-state index contributed by atoms with van der Waals surface area (Å²) in [6.45, 7) is 0.247. The first-order valence-electron chi connectivity index (χ1n) is 9.79. The third kappa shape index (κ3) is 4.32. The van der Waals surface area contributed by atoms with Crippen LogP contribution < -0.4 is 19.7 Å². The summed E-state index contributed by atoms with van der Waals surface area (Å²) in [4.78, 5) is 35.6. The maximum Gasteiger partial charge on any atom is 0.229 e. The molecular weight excluding hydrogens is 396 g/mol. The van der Waals surface area contributed by atoms with Crippen LogP contribution in [-0.4, -0.2) is 42.5 Å². The summed E-state index contributed by atoms with van der Waals surface area (Å²) in [6, 6.07) is 14.8. The van der Waals surface area contributed by atoms with Gasteiger partial charge in [0.25, 0.3) is 0 Å². The zero-order chi connectivity index (χ0) is 21.8. The van der Waals surface area contributed by atoms with Crippen molar-refractivity contribution in [3.8, 4) is 22.9 Å². The fraction of sp³-hybridized carbons (Fsp3) is 0.217. The van der Waals surface area contributed by atoms with Crippen molar-refractivity contribution in [2.45, 2.75) is 6.42 Å². The van der Waals surface area contributed by atoms with Crippen LogP contribution in [-0.2, 0) is 9.59 Å². The van der Waals surface area contributed by atoms with E-state index in [1.807, 2.05) is 30.3 Å². The van der Waals surface area contributed by atoms with E-state index >= 15 is 0 Å². The molecule has 2 aromatic carbocycles. The first kappa shape index (κ1) is 20.3. The van der Waals surface area contributed by atoms with Gasteiger partial charge >= 0.3 is 0 Å². The van der Waals surface area contributed by atoms with Crippen molar-refractivity contribution >= 4 is 23.2 Å². The van der Waals surface area contributed by atoms with Crippen LogP contribution in [0.2, 0.25) is 0 Å². The molecule has 158 valence electrons. The Morgan fingerprint density at radius 2 is 1.81 bits per heavy atom. The molecule has 1 atom stereocenters. The van der Waals surface area contributed by atoms with Crippen LogP contribution in [0.3, 0.4) is 0 Å². The van der Waals surface area contributed by atoms with Crippen LogP contribution in [0.25, 0.3) is 11.4 Å². The minimum atomic E-state index is -0.503. The molecule has 0 aliphatic carbocycles. The molecule has 0 saturated carbocycles. The van der Waals surface area contributed by atoms with Gasteiger partial charge in [0.05, 0.1) is 43.9 Å². The number of methoxy groups -OCH3 is 2. The highest BCUT2D eigenvalue weighted by Crippen LogP contribution is 2.36. The van der Waals surface area contributed by atoms with E-state index < -0.39 is 5.92 Å². The van der Waals surface area contributed by atoms with Crippen LogP contribution >= 0.6 is 0 Å². The first-order chi connectivity index (χ1) is 15.1. The second-order valence-corrected chi connectivity index (χ2v) is 7.09. The number of benzene rings is 2. The number of aromatic nitrogens is 2. The summed E-state index contributed by atoms with van der Waals surface area (Å²) in [5.74, 6) is 0.812. The molecule has 1 aromatic heterocycles. The van der Waals surface area contributed by atoms with E-state index in [0.29, 0.717) is 28.7 Å². The molecule has 8 nitrogen and oxygen atoms in total. The number of carbonyl (C=O) groups excluding carboxylic acids is 2. The monoisotopic (exact) mass is 418 g/mol. The van der Waals surface area contributed by atoms with Gasteiger partial charge in [-0.15, -0.1) is 0 Å². The fourth-order valence-electron chi connectivity index (χ4n) is 3.50. The van der Waals surface area contributed by atoms with E-state index in [9.17, 15) is 9.59 Å². The van der Waals surface area contributed by atoms with Gasteiger partial charge in [-0.1, -0.05) is 30.3 Å². The van der Waals surface area contributed by atoms with Crippen LogP contribution in [0.5, 0.6) is 11.5 Å². The topological polar surface area (TPSA) is 93.7 Å². The molecule has 1 N–H and O–H groups in total. The number of carbonyl (C=O) groups is 2. The Balaban J connectivity index is 1.45. The number of nitrogens with one attached hydrogen (secondary N) is 1. The number of anilines is 2. The average Bonchev–Trinajstić information content (AvgIpc) is 3.21. The second kappa shape index (κ2) is 8.83. The molecular formula is C23H22N4O4. The number of hydrogen-bond donors (Lipinski definition) is 1. The van der Waals surface area contributed by atoms with Gasteiger partial charge in [-0.3, -0.25) is 9.59 Å². The Morgan fingerprint density at radius 3 is 2.48 bits per heavy atom. The SMILES string of the molecule is COc1ccc(OC)c(N2C[C@@H](C(=O)Nc3cnc(-c4ccccc4)nc3)CC2=O)c1. The molecule has 0 bridgehead atoms. The van der Waals surface area contributed by atoms with Crippen LogP contribution in [0, 0.1) is 5.92 Å². The van der Waals surface area contributed by atoms with E-state index in [0.717, 1.165) is 5.56 Å². The number of amides is 2. The Kier molecular flexibility index (Phi) is 5.79. The zero-order valence-corrected chi connectivity index (χ0v) is 17.2. The third-order valence-electron chi connectivity index (χ3n) is 5.12. The molecule has 31 heavy (non-hydrogen) atoms. The lowest BCUT2D eigenvalue weighted by Crippen LogP contribution is -2.28. The van der Waals surface area contributed by atoms with Crippen molar-refractivity contribution in [3.63, 3.8) is 0 Å². The number of nitrogens with zero attached hydrogens (tertiary/aromatic N) is 3. The molecule has 0 unspecified atom stereocenters. The largest absolute Gasteiger partial charge is 0.497 e. The van der Waals surface area contributed by atoms with Crippen molar-refractivity contribution in [2.75, 3.05) is 31.0 Å². The van der Waals surface area contributed by atoms with Gasteiger partial charge in [0.15, 0.2) is 5.82 Å². The third-order valence-corrected chi connectivity index (χ3v) is 5.12. The lowest BCUT2D eigenvalue weighted by molar-refractivity contribution is -0.122. The molecule has 4 rings (SSSR count). The highest BCUT2D eigenvalue weighted by molar-refractivity contribution is 6.04. The number of hydrogen-bond acceptors (Lipinski definition) is 6. The van der Waals surface area contributed by atoms with E-state index in [1.165, 1.54) is 7.11 Å². The van der Waals surface area contributed by atoms with Crippen LogP contribution in [0.1, 0.15) is 6.42 Å². The maximum atomic E-state index is 12.8. The predicted molar refractivity (Wildman–Crippen MR) is 116 cm³/mol. The summed E-state index contributed by atoms with van der Waals surface area (Å²) in [6.07, 6.45) is 3.23. The van der Waals surface area contributed by atoms with Gasteiger partial charge in [-0.25, -0.2) is 9.97 Å². The summed E-state index contributed by atoms with van der Waals surface area (Å²) < 4.78 is 10.6. The van der Waals surface area contributed by atoms with Gasteiger partial charge in [0.2, 0.25) is 11.8 Å². The van der Waals surface area contributed by atoms with Crippen LogP contribution in [0.15, 0.2) is 60.9 Å². The Bertz CT molecular complexity index is 1090. The molecule has 8 heteroatoms. The maximum absolute atomic E-state index is 12.8. The lowest BCUT2D eigenvalue weighted by Gasteiger charge is -2.20. The molecule has 2 amide bonds. The minimum absolute atomic E-state index is 0.106. The Hall–Kier alpha value is -3.94. The van der Waals surface area contributed by atoms with Crippen LogP contribution in [0.4, 0.5) is 11.4 Å². The smallest absolute Gasteiger partial charge is 0.229 e. The fourth-order valence-corrected chi connectivity index (χ4v) is 3.50. The highest BCUT2D eigenvalue weighted by Gasteiger charge is 2.36. The zero-order valence-electron chi connectivity index (χ0n) is 17.2. The minimum Gasteiger partial charge on any atom is -0.497 e. The lowest BCUT2D eigenvalue weighted by atomic mass is 10.1. The Labute approximate surface area is 179 Å². The van der Waals surface area contributed by atoms with E-state index in [4.69, 9.17) is 9.47 Å². The quantitative estimate of drug-likeness (QED) is 0.661. The second-order valence-electron chi connectivity index (χ2n) is 7.09. The van der Waals surface area contributed by atoms with E-state index in [1.54, 1.807) is 42.6 Å². The Morgan fingerprint density at radius 1 is 1.06 bits per heavy atom. The molecule has 1 aliphatic rings. The molecule has 1 aliphatic heterocycles. The van der Waals surface area contributed by atoms with E-state index in [2.05, 4.69) is 15.3 Å². The van der Waals surface area contributed by atoms with Gasteiger partial charge in [-0.05, 0) is 12.1 Å². The highest BCUT2D eigenvalue weighted by atomic mass is 16.5. The molecule has 1 saturated heterocycles. The molecule has 2 heterocycles. The summed E-state index contributed by atoms with van der Waals surface area (Å²) >= 11 is 0. The summed E-state index contributed by atoms with van der Waals surface area (Å²) in [5.41, 5.74) is 1.96. The molecule has 0 spiro atoms. The summed E-state index contributed by atoms with van der Waals surface area (Å²) in [5, 5.41) is 2.81. The normalized spacial score (nSPS) is 15.6. The number of rotatable bonds is 6. The van der Waals surface area contributed by atoms with Crippen molar-refractivity contribution < 1.29 is 19.1 Å². The van der Waals surface area contributed by atoms with Gasteiger partial charge in [0.1, 0.15) is 11.5 Å². The summed E-state index contributed by atoms with van der Waals surface area (Å²) in [7, 11) is 3.09. The first-order valence-corrected chi connectivity index (χ1v) is 9.79. The average molecular weight is 418 g/mol. The van der Waals surface area contributed by atoms with Crippen molar-refractivity contribution in [1.29, 1.82) is 0 Å². The van der Waals surface area contributed by atoms with Gasteiger partial charge in [-0.2, -0.15) is 0 Å². The van der Waals surface area contributed by atoms with E-state index in [-0.39, 0.29) is 24.8 Å². The molecule has 3 aromatic rings. The van der Waals surface area contributed by atoms with Crippen molar-refractivity contribution in [3.05, 3.63) is 60.9 Å².